The molecule has 98 valence electrons. The van der Waals surface area contributed by atoms with Crippen LogP contribution < -0.4 is 4.74 Å². The molecule has 0 amide bonds. The number of halogens is 3. The molecule has 0 saturated carbocycles. The first kappa shape index (κ1) is 14.2. The Morgan fingerprint density at radius 2 is 1.89 bits per heavy atom. The molecule has 0 aliphatic carbocycles. The maximum atomic E-state index is 13.4. The van der Waals surface area contributed by atoms with Crippen LogP contribution in [0.3, 0.4) is 0 Å². The fourth-order valence-corrected chi connectivity index (χ4v) is 2.34. The van der Waals surface area contributed by atoms with Crippen molar-refractivity contribution in [3.8, 4) is 5.75 Å². The third-order valence-corrected chi connectivity index (χ3v) is 3.61. The number of benzene rings is 2. The van der Waals surface area contributed by atoms with Crippen LogP contribution in [0.1, 0.15) is 10.4 Å². The molecule has 0 atom stereocenters. The predicted molar refractivity (Wildman–Crippen MR) is 78.1 cm³/mol. The van der Waals surface area contributed by atoms with Gasteiger partial charge in [0.25, 0.3) is 0 Å². The highest BCUT2D eigenvalue weighted by Crippen LogP contribution is 2.23. The number of ether oxygens (including phenoxy) is 1. The molecule has 0 heterocycles. The van der Waals surface area contributed by atoms with Crippen molar-refractivity contribution in [1.29, 1.82) is 0 Å². The van der Waals surface area contributed by atoms with E-state index in [9.17, 15) is 9.18 Å². The van der Waals surface area contributed by atoms with Gasteiger partial charge in [0.1, 0.15) is 0 Å². The van der Waals surface area contributed by atoms with Gasteiger partial charge < -0.3 is 4.74 Å². The standard InChI is InChI=1S/C14H9Br2FO2/c15-9-5-6-12(17)14(7-9)19-8-13(18)10-3-1-2-4-11(10)16/h1-7H,8H2. The Labute approximate surface area is 126 Å². The second-order valence-electron chi connectivity index (χ2n) is 3.77. The van der Waals surface area contributed by atoms with E-state index in [0.29, 0.717) is 14.5 Å². The first-order valence-electron chi connectivity index (χ1n) is 5.43. The summed E-state index contributed by atoms with van der Waals surface area (Å²) in [6, 6.07) is 11.4. The van der Waals surface area contributed by atoms with E-state index in [1.165, 1.54) is 12.1 Å². The Balaban J connectivity index is 2.09. The zero-order chi connectivity index (χ0) is 13.8. The van der Waals surface area contributed by atoms with E-state index in [1.807, 2.05) is 6.07 Å². The van der Waals surface area contributed by atoms with Crippen molar-refractivity contribution in [2.45, 2.75) is 0 Å². The van der Waals surface area contributed by atoms with E-state index in [0.717, 1.165) is 0 Å². The summed E-state index contributed by atoms with van der Waals surface area (Å²) >= 11 is 6.51. The normalized spacial score (nSPS) is 10.3. The van der Waals surface area contributed by atoms with E-state index in [-0.39, 0.29) is 18.1 Å². The Hall–Kier alpha value is -1.20. The molecular weight excluding hydrogens is 379 g/mol. The van der Waals surface area contributed by atoms with Crippen molar-refractivity contribution in [2.75, 3.05) is 6.61 Å². The minimum absolute atomic E-state index is 0.0507. The molecule has 0 spiro atoms. The monoisotopic (exact) mass is 386 g/mol. The number of hydrogen-bond donors (Lipinski definition) is 0. The Kier molecular flexibility index (Phi) is 4.71. The van der Waals surface area contributed by atoms with Gasteiger partial charge in [-0.05, 0) is 24.3 Å². The number of hydrogen-bond acceptors (Lipinski definition) is 2. The van der Waals surface area contributed by atoms with E-state index in [2.05, 4.69) is 31.9 Å². The van der Waals surface area contributed by atoms with Crippen molar-refractivity contribution in [3.63, 3.8) is 0 Å². The summed E-state index contributed by atoms with van der Waals surface area (Å²) in [5.41, 5.74) is 0.512. The zero-order valence-corrected chi connectivity index (χ0v) is 12.9. The summed E-state index contributed by atoms with van der Waals surface area (Å²) in [5.74, 6) is -0.662. The number of carbonyl (C=O) groups is 1. The van der Waals surface area contributed by atoms with Crippen molar-refractivity contribution in [2.24, 2.45) is 0 Å². The molecule has 0 aliphatic heterocycles. The SMILES string of the molecule is O=C(COc1cc(Br)ccc1F)c1ccccc1Br. The summed E-state index contributed by atoms with van der Waals surface area (Å²) < 4.78 is 20.0. The Morgan fingerprint density at radius 1 is 1.16 bits per heavy atom. The molecule has 0 radical (unpaired) electrons. The number of Topliss-reactive ketones (excluding diaryl/α,β-unsaturated/α-hetero) is 1. The van der Waals surface area contributed by atoms with Gasteiger partial charge in [-0.25, -0.2) is 4.39 Å². The number of carbonyl (C=O) groups excluding carboxylic acids is 1. The molecule has 19 heavy (non-hydrogen) atoms. The molecule has 2 nitrogen and oxygen atoms in total. The van der Waals surface area contributed by atoms with Gasteiger partial charge in [0.15, 0.2) is 18.2 Å². The summed E-state index contributed by atoms with van der Waals surface area (Å²) in [7, 11) is 0. The lowest BCUT2D eigenvalue weighted by atomic mass is 10.1. The first-order valence-corrected chi connectivity index (χ1v) is 7.02. The van der Waals surface area contributed by atoms with Gasteiger partial charge in [-0.2, -0.15) is 0 Å². The Morgan fingerprint density at radius 3 is 2.63 bits per heavy atom. The molecule has 0 aliphatic rings. The van der Waals surface area contributed by atoms with Crippen LogP contribution >= 0.6 is 31.9 Å². The van der Waals surface area contributed by atoms with Crippen molar-refractivity contribution < 1.29 is 13.9 Å². The van der Waals surface area contributed by atoms with Crippen LogP contribution in [0.25, 0.3) is 0 Å². The molecule has 2 rings (SSSR count). The third-order valence-electron chi connectivity index (χ3n) is 2.43. The molecule has 2 aromatic carbocycles. The minimum Gasteiger partial charge on any atom is -0.482 e. The smallest absolute Gasteiger partial charge is 0.201 e. The molecule has 0 fully saturated rings. The molecule has 0 saturated heterocycles. The second-order valence-corrected chi connectivity index (χ2v) is 5.54. The van der Waals surface area contributed by atoms with E-state index in [1.54, 1.807) is 24.3 Å². The molecule has 5 heteroatoms. The highest BCUT2D eigenvalue weighted by atomic mass is 79.9. The number of ketones is 1. The first-order chi connectivity index (χ1) is 9.08. The van der Waals surface area contributed by atoms with Gasteiger partial charge in [-0.15, -0.1) is 0 Å². The van der Waals surface area contributed by atoms with Gasteiger partial charge in [0.05, 0.1) is 0 Å². The lowest BCUT2D eigenvalue weighted by molar-refractivity contribution is 0.0918. The fourth-order valence-electron chi connectivity index (χ4n) is 1.50. The van der Waals surface area contributed by atoms with Gasteiger partial charge in [-0.3, -0.25) is 4.79 Å². The largest absolute Gasteiger partial charge is 0.482 e. The molecule has 0 bridgehead atoms. The van der Waals surface area contributed by atoms with Crippen LogP contribution in [0.5, 0.6) is 5.75 Å². The van der Waals surface area contributed by atoms with Crippen LogP contribution in [0.4, 0.5) is 4.39 Å². The topological polar surface area (TPSA) is 26.3 Å². The fraction of sp³-hybridized carbons (Fsp3) is 0.0714. The van der Waals surface area contributed by atoms with E-state index >= 15 is 0 Å². The van der Waals surface area contributed by atoms with E-state index in [4.69, 9.17) is 4.74 Å². The molecular formula is C14H9Br2FO2. The van der Waals surface area contributed by atoms with Crippen LogP contribution in [0.15, 0.2) is 51.4 Å². The lowest BCUT2D eigenvalue weighted by Crippen LogP contribution is -2.12. The quantitative estimate of drug-likeness (QED) is 0.716. The maximum absolute atomic E-state index is 13.4. The predicted octanol–water partition coefficient (Wildman–Crippen LogP) is 4.61. The van der Waals surface area contributed by atoms with Crippen molar-refractivity contribution >= 4 is 37.6 Å². The summed E-state index contributed by atoms with van der Waals surface area (Å²) in [6.45, 7) is -0.212. The average molecular weight is 388 g/mol. The second kappa shape index (κ2) is 6.30. The van der Waals surface area contributed by atoms with Crippen molar-refractivity contribution in [3.05, 3.63) is 62.8 Å². The minimum atomic E-state index is -0.497. The third kappa shape index (κ3) is 3.64. The summed E-state index contributed by atoms with van der Waals surface area (Å²) in [6.07, 6.45) is 0. The van der Waals surface area contributed by atoms with Crippen molar-refractivity contribution in [1.82, 2.24) is 0 Å². The van der Waals surface area contributed by atoms with Gasteiger partial charge >= 0.3 is 0 Å². The van der Waals surface area contributed by atoms with Crippen LogP contribution in [-0.4, -0.2) is 12.4 Å². The number of rotatable bonds is 4. The van der Waals surface area contributed by atoms with Crippen LogP contribution in [0.2, 0.25) is 0 Å². The molecule has 0 N–H and O–H groups in total. The lowest BCUT2D eigenvalue weighted by Gasteiger charge is -2.08. The highest BCUT2D eigenvalue weighted by Gasteiger charge is 2.12. The summed E-state index contributed by atoms with van der Waals surface area (Å²) in [4.78, 5) is 11.9. The zero-order valence-electron chi connectivity index (χ0n) is 9.70. The highest BCUT2D eigenvalue weighted by molar-refractivity contribution is 9.10. The molecule has 2 aromatic rings. The molecule has 0 unspecified atom stereocenters. The van der Waals surface area contributed by atoms with Crippen LogP contribution in [-0.2, 0) is 0 Å². The van der Waals surface area contributed by atoms with E-state index < -0.39 is 5.82 Å². The van der Waals surface area contributed by atoms with Crippen LogP contribution in [0, 0.1) is 5.82 Å². The van der Waals surface area contributed by atoms with Gasteiger partial charge in [-0.1, -0.05) is 50.1 Å². The maximum Gasteiger partial charge on any atom is 0.201 e. The molecule has 0 aromatic heterocycles. The van der Waals surface area contributed by atoms with Gasteiger partial charge in [0, 0.05) is 14.5 Å². The average Bonchev–Trinajstić information content (AvgIpc) is 2.40. The Bertz CT molecular complexity index is 614. The van der Waals surface area contributed by atoms with Gasteiger partial charge in [0.2, 0.25) is 5.78 Å². The summed E-state index contributed by atoms with van der Waals surface area (Å²) in [5, 5.41) is 0.